The molecule has 0 aromatic heterocycles. The lowest BCUT2D eigenvalue weighted by molar-refractivity contribution is 0.244. The van der Waals surface area contributed by atoms with E-state index in [1.54, 1.807) is 0 Å². The molecule has 1 fully saturated rings. The summed E-state index contributed by atoms with van der Waals surface area (Å²) in [5, 5.41) is 3.47. The van der Waals surface area contributed by atoms with Gasteiger partial charge in [-0.2, -0.15) is 0 Å². The van der Waals surface area contributed by atoms with Gasteiger partial charge in [-0.3, -0.25) is 0 Å². The molecule has 0 spiro atoms. The van der Waals surface area contributed by atoms with Crippen molar-refractivity contribution < 1.29 is 0 Å². The summed E-state index contributed by atoms with van der Waals surface area (Å²) in [5.74, 6) is 2.67. The van der Waals surface area contributed by atoms with Crippen LogP contribution in [0.5, 0.6) is 0 Å². The smallest absolute Gasteiger partial charge is 0.00178 e. The van der Waals surface area contributed by atoms with Gasteiger partial charge in [-0.1, -0.05) is 20.8 Å². The van der Waals surface area contributed by atoms with E-state index >= 15 is 0 Å². The quantitative estimate of drug-likeness (QED) is 0.649. The van der Waals surface area contributed by atoms with Crippen molar-refractivity contribution in [3.8, 4) is 0 Å². The van der Waals surface area contributed by atoms with Gasteiger partial charge in [0.15, 0.2) is 0 Å². The van der Waals surface area contributed by atoms with Crippen LogP contribution in [0.15, 0.2) is 0 Å². The zero-order chi connectivity index (χ0) is 7.56. The molecule has 2 heteroatoms. The minimum absolute atomic E-state index is 0. The highest BCUT2D eigenvalue weighted by Gasteiger charge is 2.20. The molecule has 0 radical (unpaired) electrons. The minimum atomic E-state index is 0. The van der Waals surface area contributed by atoms with Crippen LogP contribution in [0, 0.1) is 17.8 Å². The molecule has 0 saturated carbocycles. The summed E-state index contributed by atoms with van der Waals surface area (Å²) >= 11 is 0. The van der Waals surface area contributed by atoms with Crippen LogP contribution in [0.4, 0.5) is 0 Å². The molecule has 68 valence electrons. The maximum absolute atomic E-state index is 3.47. The minimum Gasteiger partial charge on any atom is -0.316 e. The Labute approximate surface area is 76.4 Å². The van der Waals surface area contributed by atoms with Crippen LogP contribution in [0.2, 0.25) is 0 Å². The molecule has 0 amide bonds. The van der Waals surface area contributed by atoms with E-state index < -0.39 is 0 Å². The van der Waals surface area contributed by atoms with E-state index in [0.717, 1.165) is 17.8 Å². The fourth-order valence-corrected chi connectivity index (χ4v) is 1.71. The largest absolute Gasteiger partial charge is 0.316 e. The molecule has 0 bridgehead atoms. The zero-order valence-corrected chi connectivity index (χ0v) is 8.58. The second kappa shape index (κ2) is 5.00. The first kappa shape index (κ1) is 11.2. The van der Waals surface area contributed by atoms with E-state index in [1.165, 1.54) is 19.5 Å². The first-order valence-corrected chi connectivity index (χ1v) is 4.41. The number of hydrogen-bond donors (Lipinski definition) is 1. The fourth-order valence-electron chi connectivity index (χ4n) is 1.71. The van der Waals surface area contributed by atoms with Crippen LogP contribution in [-0.2, 0) is 0 Å². The van der Waals surface area contributed by atoms with Gasteiger partial charge < -0.3 is 5.32 Å². The van der Waals surface area contributed by atoms with Crippen LogP contribution in [-0.4, -0.2) is 13.1 Å². The molecule has 2 atom stereocenters. The second-order valence-corrected chi connectivity index (χ2v) is 4.00. The van der Waals surface area contributed by atoms with E-state index in [9.17, 15) is 0 Å². The van der Waals surface area contributed by atoms with Gasteiger partial charge in [-0.25, -0.2) is 0 Å². The van der Waals surface area contributed by atoms with Crippen molar-refractivity contribution in [3.63, 3.8) is 0 Å². The Bertz CT molecular complexity index is 104. The monoisotopic (exact) mass is 177 g/mol. The summed E-state index contributed by atoms with van der Waals surface area (Å²) in [6.45, 7) is 9.45. The van der Waals surface area contributed by atoms with Crippen LogP contribution in [0.3, 0.4) is 0 Å². The van der Waals surface area contributed by atoms with Crippen LogP contribution in [0.25, 0.3) is 0 Å². The van der Waals surface area contributed by atoms with Crippen LogP contribution in [0.1, 0.15) is 27.2 Å². The Morgan fingerprint density at radius 3 is 2.27 bits per heavy atom. The summed E-state index contributed by atoms with van der Waals surface area (Å²) in [7, 11) is 0. The van der Waals surface area contributed by atoms with Gasteiger partial charge in [0.1, 0.15) is 0 Å². The Kier molecular flexibility index (Phi) is 5.11. The highest BCUT2D eigenvalue weighted by molar-refractivity contribution is 5.85. The summed E-state index contributed by atoms with van der Waals surface area (Å²) in [6.07, 6.45) is 1.42. The highest BCUT2D eigenvalue weighted by atomic mass is 35.5. The predicted octanol–water partition coefficient (Wildman–Crippen LogP) is 2.31. The molecule has 2 unspecified atom stereocenters. The lowest BCUT2D eigenvalue weighted by Gasteiger charge is -2.30. The van der Waals surface area contributed by atoms with Gasteiger partial charge in [-0.05, 0) is 37.3 Å². The van der Waals surface area contributed by atoms with Gasteiger partial charge in [-0.15, -0.1) is 12.4 Å². The molecule has 1 nitrogen and oxygen atoms in total. The van der Waals surface area contributed by atoms with Crippen molar-refractivity contribution in [2.45, 2.75) is 27.2 Å². The SMILES string of the molecule is CC1CNCC(C(C)C)C1.Cl. The summed E-state index contributed by atoms with van der Waals surface area (Å²) in [4.78, 5) is 0. The maximum atomic E-state index is 3.47. The standard InChI is InChI=1S/C9H19N.ClH/c1-7(2)9-4-8(3)5-10-6-9;/h7-10H,4-6H2,1-3H3;1H. The molecule has 1 saturated heterocycles. The van der Waals surface area contributed by atoms with Gasteiger partial charge in [0.2, 0.25) is 0 Å². The van der Waals surface area contributed by atoms with E-state index in [1.807, 2.05) is 0 Å². The number of halogens is 1. The van der Waals surface area contributed by atoms with Crippen molar-refractivity contribution in [2.75, 3.05) is 13.1 Å². The molecule has 1 aliphatic rings. The molecule has 1 heterocycles. The average molecular weight is 178 g/mol. The maximum Gasteiger partial charge on any atom is -0.00178 e. The van der Waals surface area contributed by atoms with Crippen molar-refractivity contribution in [2.24, 2.45) is 17.8 Å². The lowest BCUT2D eigenvalue weighted by Crippen LogP contribution is -2.37. The Hall–Kier alpha value is 0.250. The van der Waals surface area contributed by atoms with Crippen LogP contribution >= 0.6 is 12.4 Å². The number of hydrogen-bond acceptors (Lipinski definition) is 1. The van der Waals surface area contributed by atoms with Gasteiger partial charge in [0.25, 0.3) is 0 Å². The molecule has 1 rings (SSSR count). The Morgan fingerprint density at radius 2 is 1.91 bits per heavy atom. The normalized spacial score (nSPS) is 31.6. The van der Waals surface area contributed by atoms with Crippen molar-refractivity contribution in [1.29, 1.82) is 0 Å². The van der Waals surface area contributed by atoms with Gasteiger partial charge in [0, 0.05) is 0 Å². The Morgan fingerprint density at radius 1 is 1.27 bits per heavy atom. The molecule has 0 aromatic carbocycles. The van der Waals surface area contributed by atoms with E-state index in [2.05, 4.69) is 26.1 Å². The molecule has 11 heavy (non-hydrogen) atoms. The summed E-state index contributed by atoms with van der Waals surface area (Å²) in [5.41, 5.74) is 0. The Balaban J connectivity index is 0.000001000. The van der Waals surface area contributed by atoms with Gasteiger partial charge in [0.05, 0.1) is 0 Å². The molecule has 1 aliphatic heterocycles. The molecular formula is C9H20ClN. The molecule has 0 aliphatic carbocycles. The molecule has 1 N–H and O–H groups in total. The third-order valence-electron chi connectivity index (χ3n) is 2.55. The third kappa shape index (κ3) is 3.44. The lowest BCUT2D eigenvalue weighted by atomic mass is 9.84. The van der Waals surface area contributed by atoms with Crippen molar-refractivity contribution in [1.82, 2.24) is 5.32 Å². The topological polar surface area (TPSA) is 12.0 Å². The zero-order valence-electron chi connectivity index (χ0n) is 7.76. The fraction of sp³-hybridized carbons (Fsp3) is 1.00. The van der Waals surface area contributed by atoms with E-state index in [4.69, 9.17) is 0 Å². The van der Waals surface area contributed by atoms with Crippen LogP contribution < -0.4 is 5.32 Å². The number of piperidine rings is 1. The van der Waals surface area contributed by atoms with E-state index in [-0.39, 0.29) is 12.4 Å². The van der Waals surface area contributed by atoms with Crippen molar-refractivity contribution in [3.05, 3.63) is 0 Å². The second-order valence-electron chi connectivity index (χ2n) is 4.00. The van der Waals surface area contributed by atoms with Gasteiger partial charge >= 0.3 is 0 Å². The first-order chi connectivity index (χ1) is 4.70. The summed E-state index contributed by atoms with van der Waals surface area (Å²) in [6, 6.07) is 0. The highest BCUT2D eigenvalue weighted by Crippen LogP contribution is 2.22. The average Bonchev–Trinajstić information content (AvgIpc) is 1.88. The number of rotatable bonds is 1. The number of nitrogens with one attached hydrogen (secondary N) is 1. The first-order valence-electron chi connectivity index (χ1n) is 4.41. The predicted molar refractivity (Wildman–Crippen MR) is 52.2 cm³/mol. The molecule has 0 aromatic rings. The van der Waals surface area contributed by atoms with E-state index in [0.29, 0.717) is 0 Å². The molecular weight excluding hydrogens is 158 g/mol. The summed E-state index contributed by atoms with van der Waals surface area (Å²) < 4.78 is 0. The third-order valence-corrected chi connectivity index (χ3v) is 2.55. The van der Waals surface area contributed by atoms with Crippen molar-refractivity contribution >= 4 is 12.4 Å².